The van der Waals surface area contributed by atoms with Crippen molar-refractivity contribution in [3.05, 3.63) is 41.9 Å². The lowest BCUT2D eigenvalue weighted by molar-refractivity contribution is 0.314. The molecule has 2 aliphatic rings. The van der Waals surface area contributed by atoms with Crippen molar-refractivity contribution in [1.82, 2.24) is 9.97 Å². The Kier molecular flexibility index (Phi) is 2.68. The van der Waals surface area contributed by atoms with E-state index in [-0.39, 0.29) is 0 Å². The third-order valence-electron chi connectivity index (χ3n) is 4.46. The number of hydrogen-bond acceptors (Lipinski definition) is 1. The molecule has 0 saturated heterocycles. The minimum absolute atomic E-state index is 0.687. The molecule has 0 bridgehead atoms. The lowest BCUT2D eigenvalue weighted by atomic mass is 9.81. The summed E-state index contributed by atoms with van der Waals surface area (Å²) in [6.07, 6.45) is 10.0. The molecule has 2 aliphatic carbocycles. The standard InChI is InChI=1S/C17H19N2/c1-3-12(4-1)9-13-5-2-6-15(10-13)16-11-18-17(19-16)14-7-8-14/h2,5,10-12,14H,1,3-4,7-9H2,(H,18,19). The molecule has 0 amide bonds. The predicted octanol–water partition coefficient (Wildman–Crippen LogP) is 4.10. The van der Waals surface area contributed by atoms with Crippen LogP contribution in [0.2, 0.25) is 0 Å². The average Bonchev–Trinajstić information content (AvgIpc) is 3.12. The van der Waals surface area contributed by atoms with E-state index in [2.05, 4.69) is 34.2 Å². The van der Waals surface area contributed by atoms with Crippen molar-refractivity contribution in [3.63, 3.8) is 0 Å². The molecular weight excluding hydrogens is 232 g/mol. The van der Waals surface area contributed by atoms with E-state index in [0.29, 0.717) is 5.92 Å². The molecule has 0 unspecified atom stereocenters. The van der Waals surface area contributed by atoms with Gasteiger partial charge in [-0.2, -0.15) is 0 Å². The third-order valence-corrected chi connectivity index (χ3v) is 4.46. The number of benzene rings is 1. The Labute approximate surface area is 114 Å². The predicted molar refractivity (Wildman–Crippen MR) is 75.9 cm³/mol. The maximum absolute atomic E-state index is 4.50. The Hall–Kier alpha value is -1.57. The molecule has 0 atom stereocenters. The van der Waals surface area contributed by atoms with Crippen LogP contribution in [0.25, 0.3) is 11.3 Å². The number of nitrogens with zero attached hydrogens (tertiary/aromatic N) is 1. The van der Waals surface area contributed by atoms with E-state index < -0.39 is 0 Å². The Morgan fingerprint density at radius 2 is 2.16 bits per heavy atom. The number of aromatic amines is 1. The highest BCUT2D eigenvalue weighted by molar-refractivity contribution is 5.59. The largest absolute Gasteiger partial charge is 0.342 e. The molecule has 1 heterocycles. The molecule has 1 aromatic carbocycles. The van der Waals surface area contributed by atoms with Gasteiger partial charge in [-0.3, -0.25) is 0 Å². The van der Waals surface area contributed by atoms with Crippen LogP contribution < -0.4 is 0 Å². The van der Waals surface area contributed by atoms with Crippen LogP contribution in [0, 0.1) is 12.0 Å². The van der Waals surface area contributed by atoms with E-state index in [1.165, 1.54) is 44.1 Å². The maximum atomic E-state index is 4.50. The van der Waals surface area contributed by atoms with E-state index in [4.69, 9.17) is 0 Å². The molecule has 0 aliphatic heterocycles. The van der Waals surface area contributed by atoms with Crippen molar-refractivity contribution in [2.24, 2.45) is 5.92 Å². The van der Waals surface area contributed by atoms with Gasteiger partial charge >= 0.3 is 0 Å². The molecule has 2 heteroatoms. The van der Waals surface area contributed by atoms with E-state index in [0.717, 1.165) is 23.0 Å². The minimum Gasteiger partial charge on any atom is -0.342 e. The molecule has 4 rings (SSSR count). The SMILES string of the molecule is [c]1ccc(CC2CCC2)cc1-c1cnc(C2CC2)[nH]1. The van der Waals surface area contributed by atoms with Crippen LogP contribution in [0.4, 0.5) is 0 Å². The zero-order valence-electron chi connectivity index (χ0n) is 11.2. The van der Waals surface area contributed by atoms with Gasteiger partial charge in [0.25, 0.3) is 0 Å². The number of aromatic nitrogens is 2. The maximum Gasteiger partial charge on any atom is 0.109 e. The first-order chi connectivity index (χ1) is 9.38. The first kappa shape index (κ1) is 11.3. The van der Waals surface area contributed by atoms with Gasteiger partial charge in [0.2, 0.25) is 0 Å². The second kappa shape index (κ2) is 4.52. The van der Waals surface area contributed by atoms with Gasteiger partial charge in [0.15, 0.2) is 0 Å². The van der Waals surface area contributed by atoms with Crippen LogP contribution in [0.1, 0.15) is 49.4 Å². The van der Waals surface area contributed by atoms with Gasteiger partial charge in [0.05, 0.1) is 11.9 Å². The highest BCUT2D eigenvalue weighted by Crippen LogP contribution is 2.39. The molecule has 2 nitrogen and oxygen atoms in total. The van der Waals surface area contributed by atoms with E-state index in [1.54, 1.807) is 0 Å². The quantitative estimate of drug-likeness (QED) is 0.870. The number of H-pyrrole nitrogens is 1. The molecule has 0 spiro atoms. The first-order valence-electron chi connectivity index (χ1n) is 7.44. The fraction of sp³-hybridized carbons (Fsp3) is 0.471. The number of imidazole rings is 1. The molecule has 1 N–H and O–H groups in total. The van der Waals surface area contributed by atoms with Crippen molar-refractivity contribution in [1.29, 1.82) is 0 Å². The van der Waals surface area contributed by atoms with Gasteiger partial charge in [-0.05, 0) is 42.9 Å². The molecule has 1 aromatic heterocycles. The summed E-state index contributed by atoms with van der Waals surface area (Å²) >= 11 is 0. The average molecular weight is 251 g/mol. The fourth-order valence-electron chi connectivity index (χ4n) is 2.86. The van der Waals surface area contributed by atoms with Crippen molar-refractivity contribution < 1.29 is 0 Å². The summed E-state index contributed by atoms with van der Waals surface area (Å²) in [4.78, 5) is 7.95. The monoisotopic (exact) mass is 251 g/mol. The van der Waals surface area contributed by atoms with Gasteiger partial charge in [-0.15, -0.1) is 0 Å². The van der Waals surface area contributed by atoms with Gasteiger partial charge < -0.3 is 4.98 Å². The molecule has 2 aromatic rings. The van der Waals surface area contributed by atoms with E-state index in [9.17, 15) is 0 Å². The van der Waals surface area contributed by atoms with Crippen molar-refractivity contribution in [2.75, 3.05) is 0 Å². The van der Waals surface area contributed by atoms with Crippen molar-refractivity contribution in [2.45, 2.75) is 44.4 Å². The lowest BCUT2D eigenvalue weighted by Gasteiger charge is -2.25. The van der Waals surface area contributed by atoms with Gasteiger partial charge in [0.1, 0.15) is 5.82 Å². The summed E-state index contributed by atoms with van der Waals surface area (Å²) in [5, 5.41) is 0. The van der Waals surface area contributed by atoms with Gasteiger partial charge in [0, 0.05) is 11.5 Å². The summed E-state index contributed by atoms with van der Waals surface area (Å²) < 4.78 is 0. The van der Waals surface area contributed by atoms with Crippen LogP contribution in [0.15, 0.2) is 24.4 Å². The third kappa shape index (κ3) is 2.32. The zero-order chi connectivity index (χ0) is 12.7. The van der Waals surface area contributed by atoms with Crippen LogP contribution >= 0.6 is 0 Å². The topological polar surface area (TPSA) is 28.7 Å². The highest BCUT2D eigenvalue weighted by Gasteiger charge is 2.26. The fourth-order valence-corrected chi connectivity index (χ4v) is 2.86. The normalized spacial score (nSPS) is 19.4. The molecule has 2 saturated carbocycles. The lowest BCUT2D eigenvalue weighted by Crippen LogP contribution is -2.13. The van der Waals surface area contributed by atoms with Gasteiger partial charge in [-0.25, -0.2) is 4.98 Å². The summed E-state index contributed by atoms with van der Waals surface area (Å²) in [6, 6.07) is 9.88. The molecule has 1 radical (unpaired) electrons. The van der Waals surface area contributed by atoms with Crippen LogP contribution in [0.5, 0.6) is 0 Å². The first-order valence-corrected chi connectivity index (χ1v) is 7.44. The summed E-state index contributed by atoms with van der Waals surface area (Å²) in [5.74, 6) is 2.76. The van der Waals surface area contributed by atoms with Crippen LogP contribution in [0.3, 0.4) is 0 Å². The van der Waals surface area contributed by atoms with Gasteiger partial charge in [-0.1, -0.05) is 31.4 Å². The smallest absolute Gasteiger partial charge is 0.109 e. The second-order valence-corrected chi connectivity index (χ2v) is 6.07. The summed E-state index contributed by atoms with van der Waals surface area (Å²) in [5.41, 5.74) is 3.73. The van der Waals surface area contributed by atoms with Crippen LogP contribution in [-0.2, 0) is 6.42 Å². The van der Waals surface area contributed by atoms with E-state index in [1.807, 2.05) is 6.20 Å². The van der Waals surface area contributed by atoms with E-state index >= 15 is 0 Å². The molecular formula is C17H19N2. The molecule has 97 valence electrons. The van der Waals surface area contributed by atoms with Crippen molar-refractivity contribution >= 4 is 0 Å². The molecule has 2 fully saturated rings. The number of hydrogen-bond donors (Lipinski definition) is 1. The minimum atomic E-state index is 0.687. The number of rotatable bonds is 4. The Bertz CT molecular complexity index is 576. The van der Waals surface area contributed by atoms with Crippen molar-refractivity contribution in [3.8, 4) is 11.3 Å². The highest BCUT2D eigenvalue weighted by atomic mass is 14.9. The number of nitrogens with one attached hydrogen (secondary N) is 1. The Balaban J connectivity index is 1.56. The summed E-state index contributed by atoms with van der Waals surface area (Å²) in [7, 11) is 0. The summed E-state index contributed by atoms with van der Waals surface area (Å²) in [6.45, 7) is 0. The molecule has 19 heavy (non-hydrogen) atoms. The Morgan fingerprint density at radius 3 is 2.89 bits per heavy atom. The Morgan fingerprint density at radius 1 is 1.26 bits per heavy atom. The second-order valence-electron chi connectivity index (χ2n) is 6.07. The zero-order valence-corrected chi connectivity index (χ0v) is 11.2. The van der Waals surface area contributed by atoms with Crippen LogP contribution in [-0.4, -0.2) is 9.97 Å².